The number of carbonyl (C=O) groups is 1. The van der Waals surface area contributed by atoms with E-state index in [1.165, 1.54) is 10.6 Å². The highest BCUT2D eigenvalue weighted by atomic mass is 19.1. The smallest absolute Gasteiger partial charge is 0.418 e. The van der Waals surface area contributed by atoms with Crippen molar-refractivity contribution < 1.29 is 13.9 Å². The quantitative estimate of drug-likeness (QED) is 0.751. The van der Waals surface area contributed by atoms with Crippen molar-refractivity contribution in [2.45, 2.75) is 39.7 Å². The van der Waals surface area contributed by atoms with E-state index >= 15 is 0 Å². The number of nitrogens with zero attached hydrogens (tertiary/aromatic N) is 1. The van der Waals surface area contributed by atoms with Gasteiger partial charge in [0.1, 0.15) is 11.4 Å². The number of allylic oxidation sites excluding steroid dienone is 3. The average Bonchev–Trinajstić information content (AvgIpc) is 2.71. The monoisotopic (exact) mass is 265 g/mol. The Balaban J connectivity index is 3.10. The first kappa shape index (κ1) is 15.2. The molecule has 0 amide bonds. The van der Waals surface area contributed by atoms with Crippen molar-refractivity contribution in [3.63, 3.8) is 0 Å². The van der Waals surface area contributed by atoms with Crippen LogP contribution in [0.4, 0.5) is 9.18 Å². The van der Waals surface area contributed by atoms with Crippen LogP contribution < -0.4 is 0 Å². The highest BCUT2D eigenvalue weighted by molar-refractivity contribution is 5.78. The summed E-state index contributed by atoms with van der Waals surface area (Å²) in [4.78, 5) is 12.0. The third kappa shape index (κ3) is 4.39. The van der Waals surface area contributed by atoms with Crippen LogP contribution >= 0.6 is 0 Å². The van der Waals surface area contributed by atoms with Gasteiger partial charge in [0.05, 0.1) is 5.69 Å². The molecule has 19 heavy (non-hydrogen) atoms. The second-order valence-electron chi connectivity index (χ2n) is 5.21. The van der Waals surface area contributed by atoms with E-state index in [0.717, 1.165) is 0 Å². The van der Waals surface area contributed by atoms with Crippen LogP contribution in [-0.2, 0) is 4.74 Å². The number of aromatic nitrogens is 1. The van der Waals surface area contributed by atoms with Crippen molar-refractivity contribution in [1.29, 1.82) is 0 Å². The second kappa shape index (κ2) is 5.87. The van der Waals surface area contributed by atoms with E-state index in [-0.39, 0.29) is 0 Å². The molecule has 0 aliphatic rings. The molecule has 1 aromatic rings. The van der Waals surface area contributed by atoms with Gasteiger partial charge in [-0.1, -0.05) is 13.5 Å². The third-order valence-corrected chi connectivity index (χ3v) is 2.38. The molecule has 1 rings (SSSR count). The van der Waals surface area contributed by atoms with Crippen LogP contribution in [0.25, 0.3) is 5.57 Å². The van der Waals surface area contributed by atoms with Crippen LogP contribution in [0.5, 0.6) is 0 Å². The first-order valence-corrected chi connectivity index (χ1v) is 6.20. The molecule has 3 nitrogen and oxygen atoms in total. The zero-order valence-electron chi connectivity index (χ0n) is 11.9. The summed E-state index contributed by atoms with van der Waals surface area (Å²) in [7, 11) is 0. The zero-order chi connectivity index (χ0) is 14.6. The molecule has 0 atom stereocenters. The molecule has 0 spiro atoms. The molecule has 0 aliphatic heterocycles. The third-order valence-electron chi connectivity index (χ3n) is 2.38. The van der Waals surface area contributed by atoms with Gasteiger partial charge >= 0.3 is 6.09 Å². The van der Waals surface area contributed by atoms with Gasteiger partial charge in [0, 0.05) is 6.20 Å². The Morgan fingerprint density at radius 2 is 2.16 bits per heavy atom. The van der Waals surface area contributed by atoms with Gasteiger partial charge in [-0.15, -0.1) is 0 Å². The van der Waals surface area contributed by atoms with Gasteiger partial charge in [-0.05, 0) is 51.0 Å². The van der Waals surface area contributed by atoms with Gasteiger partial charge in [0.2, 0.25) is 0 Å². The Hall–Kier alpha value is -1.84. The Labute approximate surface area is 113 Å². The summed E-state index contributed by atoms with van der Waals surface area (Å²) in [5.41, 5.74) is 0.747. The fraction of sp³-hybridized carbons (Fsp3) is 0.400. The fourth-order valence-corrected chi connectivity index (χ4v) is 1.66. The molecular weight excluding hydrogens is 245 g/mol. The molecule has 0 saturated heterocycles. The van der Waals surface area contributed by atoms with Gasteiger partial charge in [-0.2, -0.15) is 0 Å². The minimum Gasteiger partial charge on any atom is -0.443 e. The van der Waals surface area contributed by atoms with Crippen LogP contribution in [-0.4, -0.2) is 16.3 Å². The van der Waals surface area contributed by atoms with Crippen molar-refractivity contribution >= 4 is 11.7 Å². The molecule has 0 radical (unpaired) electrons. The first-order chi connectivity index (χ1) is 8.74. The summed E-state index contributed by atoms with van der Waals surface area (Å²) in [6.45, 7) is 10.5. The number of rotatable bonds is 3. The summed E-state index contributed by atoms with van der Waals surface area (Å²) in [5.74, 6) is -0.534. The Morgan fingerprint density at radius 3 is 2.63 bits per heavy atom. The SMILES string of the molecule is C=C(F)/C=C(\CC)c1cccn1C(=O)OC(C)(C)C. The lowest BCUT2D eigenvalue weighted by Crippen LogP contribution is -2.27. The molecule has 1 aromatic heterocycles. The Bertz CT molecular complexity index is 506. The Morgan fingerprint density at radius 1 is 1.53 bits per heavy atom. The maximum Gasteiger partial charge on any atom is 0.418 e. The number of hydrogen-bond acceptors (Lipinski definition) is 2. The first-order valence-electron chi connectivity index (χ1n) is 6.20. The minimum absolute atomic E-state index is 0.476. The summed E-state index contributed by atoms with van der Waals surface area (Å²) < 4.78 is 19.6. The zero-order valence-corrected chi connectivity index (χ0v) is 11.9. The molecule has 4 heteroatoms. The predicted molar refractivity (Wildman–Crippen MR) is 74.6 cm³/mol. The number of carbonyl (C=O) groups excluding carboxylic acids is 1. The van der Waals surface area contributed by atoms with Crippen molar-refractivity contribution in [3.8, 4) is 0 Å². The predicted octanol–water partition coefficient (Wildman–Crippen LogP) is 4.55. The van der Waals surface area contributed by atoms with E-state index in [1.807, 2.05) is 6.92 Å². The van der Waals surface area contributed by atoms with Gasteiger partial charge in [0.25, 0.3) is 0 Å². The molecule has 0 aromatic carbocycles. The van der Waals surface area contributed by atoms with E-state index in [0.29, 0.717) is 17.7 Å². The molecule has 0 saturated carbocycles. The molecule has 1 heterocycles. The molecular formula is C15H20FNO2. The standard InChI is InChI=1S/C15H20FNO2/c1-6-12(10-11(2)16)13-8-7-9-17(13)14(18)19-15(3,4)5/h7-10H,2,6H2,1,3-5H3/b12-10+. The maximum absolute atomic E-state index is 12.9. The topological polar surface area (TPSA) is 31.2 Å². The maximum atomic E-state index is 12.9. The van der Waals surface area contributed by atoms with E-state index < -0.39 is 17.5 Å². The molecule has 0 unspecified atom stereocenters. The van der Waals surface area contributed by atoms with Crippen molar-refractivity contribution in [2.24, 2.45) is 0 Å². The summed E-state index contributed by atoms with van der Waals surface area (Å²) >= 11 is 0. The van der Waals surface area contributed by atoms with Crippen molar-refractivity contribution in [2.75, 3.05) is 0 Å². The normalized spacial score (nSPS) is 12.4. The van der Waals surface area contributed by atoms with Crippen molar-refractivity contribution in [3.05, 3.63) is 42.5 Å². The molecule has 0 aliphatic carbocycles. The number of hydrogen-bond donors (Lipinski definition) is 0. The van der Waals surface area contributed by atoms with Gasteiger partial charge < -0.3 is 4.74 Å². The average molecular weight is 265 g/mol. The lowest BCUT2D eigenvalue weighted by Gasteiger charge is -2.20. The van der Waals surface area contributed by atoms with Crippen LogP contribution in [0.15, 0.2) is 36.8 Å². The molecule has 104 valence electrons. The molecule has 0 N–H and O–H groups in total. The summed E-state index contributed by atoms with van der Waals surface area (Å²) in [6, 6.07) is 3.48. The Kier molecular flexibility index (Phi) is 4.70. The van der Waals surface area contributed by atoms with E-state index in [1.54, 1.807) is 39.1 Å². The van der Waals surface area contributed by atoms with Gasteiger partial charge in [-0.25, -0.2) is 9.18 Å². The van der Waals surface area contributed by atoms with Crippen LogP contribution in [0.1, 0.15) is 39.8 Å². The summed E-state index contributed by atoms with van der Waals surface area (Å²) in [6.07, 6.45) is 3.05. The molecule has 0 bridgehead atoms. The minimum atomic E-state index is -0.571. The molecule has 0 fully saturated rings. The largest absolute Gasteiger partial charge is 0.443 e. The fourth-order valence-electron chi connectivity index (χ4n) is 1.66. The van der Waals surface area contributed by atoms with E-state index in [9.17, 15) is 9.18 Å². The summed E-state index contributed by atoms with van der Waals surface area (Å²) in [5, 5.41) is 0. The van der Waals surface area contributed by atoms with Gasteiger partial charge in [0.15, 0.2) is 0 Å². The van der Waals surface area contributed by atoms with E-state index in [4.69, 9.17) is 4.74 Å². The lowest BCUT2D eigenvalue weighted by atomic mass is 10.1. The van der Waals surface area contributed by atoms with Crippen LogP contribution in [0.2, 0.25) is 0 Å². The number of halogens is 1. The lowest BCUT2D eigenvalue weighted by molar-refractivity contribution is 0.0536. The highest BCUT2D eigenvalue weighted by Crippen LogP contribution is 2.22. The van der Waals surface area contributed by atoms with Crippen LogP contribution in [0.3, 0.4) is 0 Å². The van der Waals surface area contributed by atoms with E-state index in [2.05, 4.69) is 6.58 Å². The number of ether oxygens (including phenoxy) is 1. The van der Waals surface area contributed by atoms with Crippen molar-refractivity contribution in [1.82, 2.24) is 4.57 Å². The van der Waals surface area contributed by atoms with Gasteiger partial charge in [-0.3, -0.25) is 4.57 Å². The highest BCUT2D eigenvalue weighted by Gasteiger charge is 2.20. The second-order valence-corrected chi connectivity index (χ2v) is 5.21. The van der Waals surface area contributed by atoms with Crippen LogP contribution in [0, 0.1) is 0 Å².